The predicted molar refractivity (Wildman–Crippen MR) is 106 cm³/mol. The lowest BCUT2D eigenvalue weighted by molar-refractivity contribution is 0.779. The second kappa shape index (κ2) is 6.85. The molecular weight excluding hydrogens is 364 g/mol. The Morgan fingerprint density at radius 3 is 2.81 bits per heavy atom. The lowest BCUT2D eigenvalue weighted by atomic mass is 10.1. The third-order valence-corrected chi connectivity index (χ3v) is 4.64. The Kier molecular flexibility index (Phi) is 4.37. The minimum absolute atomic E-state index is 0.128. The average molecular weight is 381 g/mol. The molecule has 1 atom stereocenters. The normalized spacial score (nSPS) is 12.3. The maximum Gasteiger partial charge on any atom is 0.253 e. The van der Waals surface area contributed by atoms with Gasteiger partial charge < -0.3 is 10.3 Å². The van der Waals surface area contributed by atoms with Crippen LogP contribution in [0.15, 0.2) is 53.3 Å². The highest BCUT2D eigenvalue weighted by Gasteiger charge is 2.12. The van der Waals surface area contributed by atoms with Gasteiger partial charge in [-0.15, -0.1) is 5.10 Å². The van der Waals surface area contributed by atoms with Crippen molar-refractivity contribution in [2.75, 3.05) is 5.32 Å². The Balaban J connectivity index is 1.65. The first-order valence-electron chi connectivity index (χ1n) is 8.46. The molecule has 0 fully saturated rings. The molecule has 2 N–H and O–H groups in total. The number of H-pyrrole nitrogens is 1. The van der Waals surface area contributed by atoms with Gasteiger partial charge in [-0.2, -0.15) is 4.68 Å². The highest BCUT2D eigenvalue weighted by molar-refractivity contribution is 6.31. The van der Waals surface area contributed by atoms with E-state index in [9.17, 15) is 4.79 Å². The quantitative estimate of drug-likeness (QED) is 0.564. The molecule has 0 aliphatic rings. The van der Waals surface area contributed by atoms with Gasteiger partial charge in [-0.1, -0.05) is 17.7 Å². The second-order valence-corrected chi connectivity index (χ2v) is 6.78. The summed E-state index contributed by atoms with van der Waals surface area (Å²) in [6.07, 6.45) is 0. The molecular formula is C19H17ClN6O. The molecule has 4 rings (SSSR count). The van der Waals surface area contributed by atoms with Gasteiger partial charge in [0.05, 0.1) is 11.7 Å². The molecule has 0 amide bonds. The van der Waals surface area contributed by atoms with Gasteiger partial charge >= 0.3 is 0 Å². The van der Waals surface area contributed by atoms with Crippen molar-refractivity contribution in [2.45, 2.75) is 19.9 Å². The molecule has 0 saturated carbocycles. The molecule has 7 nitrogen and oxygen atoms in total. The van der Waals surface area contributed by atoms with Gasteiger partial charge in [-0.3, -0.25) is 4.79 Å². The molecule has 0 unspecified atom stereocenters. The maximum absolute atomic E-state index is 12.5. The summed E-state index contributed by atoms with van der Waals surface area (Å²) in [5.41, 5.74) is 2.97. The van der Waals surface area contributed by atoms with Gasteiger partial charge in [0, 0.05) is 27.2 Å². The van der Waals surface area contributed by atoms with Crippen molar-refractivity contribution in [1.82, 2.24) is 25.2 Å². The minimum atomic E-state index is -0.206. The van der Waals surface area contributed by atoms with Crippen molar-refractivity contribution in [3.63, 3.8) is 0 Å². The summed E-state index contributed by atoms with van der Waals surface area (Å²) < 4.78 is 1.65. The van der Waals surface area contributed by atoms with E-state index >= 15 is 0 Å². The fourth-order valence-corrected chi connectivity index (χ4v) is 3.22. The van der Waals surface area contributed by atoms with E-state index in [1.807, 2.05) is 50.2 Å². The molecule has 2 aromatic heterocycles. The van der Waals surface area contributed by atoms with Gasteiger partial charge in [-0.05, 0) is 66.7 Å². The first kappa shape index (κ1) is 17.2. The first-order valence-corrected chi connectivity index (χ1v) is 8.83. The lowest BCUT2D eigenvalue weighted by Gasteiger charge is -2.16. The Morgan fingerprint density at radius 2 is 2.04 bits per heavy atom. The topological polar surface area (TPSA) is 88.5 Å². The molecule has 0 aliphatic carbocycles. The summed E-state index contributed by atoms with van der Waals surface area (Å²) in [7, 11) is 0. The van der Waals surface area contributed by atoms with Crippen molar-refractivity contribution < 1.29 is 0 Å². The Labute approximate surface area is 160 Å². The van der Waals surface area contributed by atoms with Crippen LogP contribution in [-0.2, 0) is 0 Å². The van der Waals surface area contributed by atoms with E-state index in [0.29, 0.717) is 16.4 Å². The molecule has 0 radical (unpaired) electrons. The van der Waals surface area contributed by atoms with Gasteiger partial charge in [0.15, 0.2) is 5.82 Å². The van der Waals surface area contributed by atoms with E-state index in [-0.39, 0.29) is 11.6 Å². The first-order chi connectivity index (χ1) is 13.0. The number of fused-ring (bicyclic) bond motifs is 1. The molecule has 0 bridgehead atoms. The SMILES string of the molecule is Cc1nnnn1-c1cccc(N[C@@H](C)c2cc3cc(Cl)ccc3[nH]c2=O)c1. The van der Waals surface area contributed by atoms with Crippen LogP contribution in [0.4, 0.5) is 5.69 Å². The number of nitrogens with zero attached hydrogens (tertiary/aromatic N) is 4. The number of hydrogen-bond acceptors (Lipinski definition) is 5. The monoisotopic (exact) mass is 380 g/mol. The summed E-state index contributed by atoms with van der Waals surface area (Å²) in [5, 5.41) is 16.4. The predicted octanol–water partition coefficient (Wildman–Crippen LogP) is 3.64. The zero-order chi connectivity index (χ0) is 19.0. The zero-order valence-electron chi connectivity index (χ0n) is 14.8. The van der Waals surface area contributed by atoms with Crippen LogP contribution in [0.25, 0.3) is 16.6 Å². The van der Waals surface area contributed by atoms with E-state index in [4.69, 9.17) is 11.6 Å². The van der Waals surface area contributed by atoms with Crippen LogP contribution in [0.2, 0.25) is 5.02 Å². The van der Waals surface area contributed by atoms with Crippen molar-refractivity contribution >= 4 is 28.2 Å². The number of halogens is 1. The average Bonchev–Trinajstić information content (AvgIpc) is 3.07. The standard InChI is InChI=1S/C19H17ClN6O/c1-11(17-9-13-8-14(20)6-7-18(13)22-19(17)27)21-15-4-3-5-16(10-15)26-12(2)23-24-25-26/h3-11,21H,1-2H3,(H,22,27)/t11-/m0/s1. The highest BCUT2D eigenvalue weighted by atomic mass is 35.5. The molecule has 27 heavy (non-hydrogen) atoms. The Bertz CT molecular complexity index is 1180. The highest BCUT2D eigenvalue weighted by Crippen LogP contribution is 2.23. The smallest absolute Gasteiger partial charge is 0.253 e. The number of benzene rings is 2. The van der Waals surface area contributed by atoms with Crippen LogP contribution in [0.3, 0.4) is 0 Å². The van der Waals surface area contributed by atoms with Crippen LogP contribution < -0.4 is 10.9 Å². The summed E-state index contributed by atoms with van der Waals surface area (Å²) in [6, 6.07) is 14.8. The van der Waals surface area contributed by atoms with Gasteiger partial charge in [0.2, 0.25) is 0 Å². The summed E-state index contributed by atoms with van der Waals surface area (Å²) in [5.74, 6) is 0.697. The van der Waals surface area contributed by atoms with E-state index < -0.39 is 0 Å². The summed E-state index contributed by atoms with van der Waals surface area (Å²) in [4.78, 5) is 15.4. The van der Waals surface area contributed by atoms with Crippen molar-refractivity contribution in [3.05, 3.63) is 75.3 Å². The van der Waals surface area contributed by atoms with Crippen LogP contribution in [-0.4, -0.2) is 25.2 Å². The Morgan fingerprint density at radius 1 is 1.19 bits per heavy atom. The molecule has 2 heterocycles. The number of nitrogens with one attached hydrogen (secondary N) is 2. The molecule has 8 heteroatoms. The number of rotatable bonds is 4. The molecule has 0 spiro atoms. The van der Waals surface area contributed by atoms with Crippen molar-refractivity contribution in [3.8, 4) is 5.69 Å². The van der Waals surface area contributed by atoms with Crippen LogP contribution in [0.5, 0.6) is 0 Å². The number of anilines is 1. The van der Waals surface area contributed by atoms with E-state index in [1.54, 1.807) is 16.8 Å². The van der Waals surface area contributed by atoms with Gasteiger partial charge in [0.25, 0.3) is 5.56 Å². The number of aromatic amines is 1. The summed E-state index contributed by atoms with van der Waals surface area (Å²) >= 11 is 6.07. The fourth-order valence-electron chi connectivity index (χ4n) is 3.04. The number of tetrazole rings is 1. The third kappa shape index (κ3) is 3.41. The zero-order valence-corrected chi connectivity index (χ0v) is 15.5. The number of hydrogen-bond donors (Lipinski definition) is 2. The van der Waals surface area contributed by atoms with E-state index in [1.165, 1.54) is 0 Å². The third-order valence-electron chi connectivity index (χ3n) is 4.40. The molecule has 0 saturated heterocycles. The van der Waals surface area contributed by atoms with Gasteiger partial charge in [0.1, 0.15) is 0 Å². The second-order valence-electron chi connectivity index (χ2n) is 6.34. The number of aromatic nitrogens is 5. The molecule has 0 aliphatic heterocycles. The fraction of sp³-hybridized carbons (Fsp3) is 0.158. The number of aryl methyl sites for hydroxylation is 1. The number of pyridine rings is 1. The van der Waals surface area contributed by atoms with Crippen LogP contribution >= 0.6 is 11.6 Å². The van der Waals surface area contributed by atoms with Gasteiger partial charge in [-0.25, -0.2) is 0 Å². The summed E-state index contributed by atoms with van der Waals surface area (Å²) in [6.45, 7) is 3.78. The molecule has 2 aromatic carbocycles. The molecule has 136 valence electrons. The van der Waals surface area contributed by atoms with Crippen molar-refractivity contribution in [1.29, 1.82) is 0 Å². The minimum Gasteiger partial charge on any atom is -0.378 e. The maximum atomic E-state index is 12.5. The van der Waals surface area contributed by atoms with E-state index in [0.717, 1.165) is 22.3 Å². The van der Waals surface area contributed by atoms with Crippen molar-refractivity contribution in [2.24, 2.45) is 0 Å². The Hall–Kier alpha value is -3.19. The van der Waals surface area contributed by atoms with E-state index in [2.05, 4.69) is 25.8 Å². The van der Waals surface area contributed by atoms with Crippen LogP contribution in [0.1, 0.15) is 24.4 Å². The lowest BCUT2D eigenvalue weighted by Crippen LogP contribution is -2.19. The largest absolute Gasteiger partial charge is 0.378 e. The molecule has 4 aromatic rings. The van der Waals surface area contributed by atoms with Crippen LogP contribution in [0, 0.1) is 6.92 Å².